The maximum absolute atomic E-state index is 14.1. The second-order valence-electron chi connectivity index (χ2n) is 12.8. The van der Waals surface area contributed by atoms with Crippen LogP contribution >= 0.6 is 0 Å². The molecule has 4 rings (SSSR count). The lowest BCUT2D eigenvalue weighted by atomic mass is 9.33. The number of esters is 2. The molecule has 0 aromatic carbocycles. The van der Waals surface area contributed by atoms with Crippen molar-refractivity contribution in [1.29, 1.82) is 0 Å². The molecule has 8 nitrogen and oxygen atoms in total. The van der Waals surface area contributed by atoms with Crippen molar-refractivity contribution >= 4 is 23.5 Å². The number of rotatable bonds is 3. The van der Waals surface area contributed by atoms with Crippen LogP contribution in [-0.4, -0.2) is 59.1 Å². The van der Waals surface area contributed by atoms with Crippen LogP contribution in [0.2, 0.25) is 0 Å². The zero-order valence-corrected chi connectivity index (χ0v) is 22.7. The molecule has 0 bridgehead atoms. The molecule has 0 aliphatic heterocycles. The number of ketones is 2. The first-order valence-electron chi connectivity index (χ1n) is 12.9. The van der Waals surface area contributed by atoms with Gasteiger partial charge >= 0.3 is 11.9 Å². The Morgan fingerprint density at radius 2 is 1.67 bits per heavy atom. The first-order chi connectivity index (χ1) is 16.5. The molecule has 36 heavy (non-hydrogen) atoms. The fourth-order valence-corrected chi connectivity index (χ4v) is 9.40. The monoisotopic (exact) mass is 504 g/mol. The predicted octanol–water partition coefficient (Wildman–Crippen LogP) is 2.78. The fraction of sp³-hybridized carbons (Fsp3) is 0.786. The van der Waals surface area contributed by atoms with Crippen LogP contribution in [0.5, 0.6) is 0 Å². The third-order valence-corrected chi connectivity index (χ3v) is 11.1. The Morgan fingerprint density at radius 3 is 2.19 bits per heavy atom. The van der Waals surface area contributed by atoms with Crippen molar-refractivity contribution in [3.05, 3.63) is 11.6 Å². The number of Topliss-reactive ketones (excluding diaryl/α,β-unsaturated/α-hetero) is 2. The third-order valence-electron chi connectivity index (χ3n) is 11.1. The number of aliphatic hydroxyl groups excluding tert-OH is 1. The first-order valence-corrected chi connectivity index (χ1v) is 12.9. The fourth-order valence-electron chi connectivity index (χ4n) is 9.40. The highest BCUT2D eigenvalue weighted by Crippen LogP contribution is 2.76. The molecular formula is C28H40O8. The van der Waals surface area contributed by atoms with Gasteiger partial charge in [-0.1, -0.05) is 32.4 Å². The van der Waals surface area contributed by atoms with Crippen molar-refractivity contribution in [1.82, 2.24) is 0 Å². The highest BCUT2D eigenvalue weighted by molar-refractivity contribution is 6.30. The van der Waals surface area contributed by atoms with Crippen LogP contribution in [0.4, 0.5) is 0 Å². The summed E-state index contributed by atoms with van der Waals surface area (Å²) in [6.45, 7) is 11.6. The summed E-state index contributed by atoms with van der Waals surface area (Å²) in [6.07, 6.45) is 3.63. The van der Waals surface area contributed by atoms with Gasteiger partial charge in [-0.3, -0.25) is 19.2 Å². The molecule has 200 valence electrons. The Kier molecular flexibility index (Phi) is 5.79. The van der Waals surface area contributed by atoms with E-state index in [9.17, 15) is 29.4 Å². The molecule has 4 aliphatic rings. The summed E-state index contributed by atoms with van der Waals surface area (Å²) in [5.41, 5.74) is -7.65. The summed E-state index contributed by atoms with van der Waals surface area (Å²) in [5, 5.41) is 22.3. The molecule has 0 saturated heterocycles. The topological polar surface area (TPSA) is 127 Å². The van der Waals surface area contributed by atoms with E-state index in [1.807, 2.05) is 26.8 Å². The Labute approximate surface area is 212 Å². The van der Waals surface area contributed by atoms with E-state index in [4.69, 9.17) is 9.47 Å². The molecule has 0 radical (unpaired) electrons. The molecule has 4 aliphatic carbocycles. The van der Waals surface area contributed by atoms with E-state index in [1.165, 1.54) is 21.0 Å². The minimum absolute atomic E-state index is 0.0815. The Balaban J connectivity index is 2.00. The van der Waals surface area contributed by atoms with Gasteiger partial charge in [-0.05, 0) is 63.7 Å². The molecule has 8 heteroatoms. The summed E-state index contributed by atoms with van der Waals surface area (Å²) >= 11 is 0. The van der Waals surface area contributed by atoms with Gasteiger partial charge in [0.2, 0.25) is 0 Å². The minimum atomic E-state index is -2.34. The van der Waals surface area contributed by atoms with Crippen LogP contribution in [0.1, 0.15) is 74.1 Å². The lowest BCUT2D eigenvalue weighted by Gasteiger charge is -2.68. The van der Waals surface area contributed by atoms with Crippen molar-refractivity contribution in [2.24, 2.45) is 38.9 Å². The van der Waals surface area contributed by atoms with Gasteiger partial charge in [0.1, 0.15) is 6.10 Å². The van der Waals surface area contributed by atoms with Gasteiger partial charge in [-0.15, -0.1) is 0 Å². The van der Waals surface area contributed by atoms with E-state index < -0.39 is 56.1 Å². The van der Waals surface area contributed by atoms with Crippen molar-refractivity contribution in [2.75, 3.05) is 13.7 Å². The van der Waals surface area contributed by atoms with Gasteiger partial charge in [0.15, 0.2) is 22.6 Å². The van der Waals surface area contributed by atoms with Crippen LogP contribution in [-0.2, 0) is 28.7 Å². The predicted molar refractivity (Wildman–Crippen MR) is 129 cm³/mol. The van der Waals surface area contributed by atoms with Crippen molar-refractivity contribution in [2.45, 2.75) is 85.9 Å². The number of ether oxygens (including phenoxy) is 2. The van der Waals surface area contributed by atoms with Gasteiger partial charge < -0.3 is 19.7 Å². The minimum Gasteiger partial charge on any atom is -0.468 e. The molecular weight excluding hydrogens is 464 g/mol. The molecule has 0 amide bonds. The maximum Gasteiger partial charge on any atom is 0.321 e. The highest BCUT2D eigenvalue weighted by atomic mass is 16.5. The van der Waals surface area contributed by atoms with Crippen LogP contribution in [0, 0.1) is 38.9 Å². The van der Waals surface area contributed by atoms with Gasteiger partial charge in [-0.25, -0.2) is 0 Å². The number of allylic oxidation sites excluding steroid dienone is 2. The first kappa shape index (κ1) is 27.0. The summed E-state index contributed by atoms with van der Waals surface area (Å²) in [7, 11) is 1.20. The number of carbonyl (C=O) groups excluding carboxylic acids is 4. The Morgan fingerprint density at radius 1 is 1.06 bits per heavy atom. The quantitative estimate of drug-likeness (QED) is 0.341. The smallest absolute Gasteiger partial charge is 0.321 e. The second kappa shape index (κ2) is 7.73. The zero-order chi connectivity index (χ0) is 27.3. The molecule has 8 atom stereocenters. The summed E-state index contributed by atoms with van der Waals surface area (Å²) in [4.78, 5) is 53.5. The molecule has 2 N–H and O–H groups in total. The maximum atomic E-state index is 14.1. The van der Waals surface area contributed by atoms with Gasteiger partial charge in [0, 0.05) is 24.4 Å². The van der Waals surface area contributed by atoms with E-state index in [2.05, 4.69) is 0 Å². The normalized spacial score (nSPS) is 47.3. The number of hydrogen-bond donors (Lipinski definition) is 2. The average Bonchev–Trinajstić information content (AvgIpc) is 2.93. The number of methoxy groups -OCH3 is 1. The van der Waals surface area contributed by atoms with E-state index in [1.54, 1.807) is 13.8 Å². The Bertz CT molecular complexity index is 1070. The molecule has 3 saturated carbocycles. The number of fused-ring (bicyclic) bond motifs is 5. The molecule has 3 fully saturated rings. The molecule has 0 unspecified atom stereocenters. The molecule has 0 aromatic heterocycles. The summed E-state index contributed by atoms with van der Waals surface area (Å²) in [5.74, 6) is -3.23. The lowest BCUT2D eigenvalue weighted by molar-refractivity contribution is -0.230. The lowest BCUT2D eigenvalue weighted by Crippen LogP contribution is -2.71. The number of aliphatic hydroxyl groups is 2. The number of hydrogen-bond acceptors (Lipinski definition) is 8. The SMILES string of the molecule is COC(=O)[C@]12C(=O)[C@](C)(O)C(=O)[C@]1(C)C(C)=C[C@H]1[C@@]3(CO)CC[C@H](OC(C)=O)C(C)(C)[C@@H]3CC[C@@]12C. The summed E-state index contributed by atoms with van der Waals surface area (Å²) in [6, 6.07) is 0. The highest BCUT2D eigenvalue weighted by Gasteiger charge is 2.85. The van der Waals surface area contributed by atoms with Crippen molar-refractivity contribution < 1.29 is 38.9 Å². The van der Waals surface area contributed by atoms with E-state index >= 15 is 0 Å². The van der Waals surface area contributed by atoms with E-state index in [0.717, 1.165) is 0 Å². The van der Waals surface area contributed by atoms with Crippen molar-refractivity contribution in [3.63, 3.8) is 0 Å². The number of carbonyl (C=O) groups is 4. The van der Waals surface area contributed by atoms with Crippen LogP contribution in [0.25, 0.3) is 0 Å². The third kappa shape index (κ3) is 2.67. The Hall–Kier alpha value is -2.06. The van der Waals surface area contributed by atoms with Gasteiger partial charge in [0.05, 0.1) is 12.5 Å². The standard InChI is InChI=1S/C28H40O8/c1-15-13-18-24(5,28(22(33)35-8)21(32)26(7,34)20(31)25(15,28)6)11-9-17-23(3,4)19(36-16(2)30)10-12-27(17,18)14-29/h13,17-19,29,34H,9-12,14H2,1-8H3/t17-,18+,19-,24-,25-,26+,27+,28-/m0/s1. The molecule has 0 aromatic rings. The largest absolute Gasteiger partial charge is 0.468 e. The van der Waals surface area contributed by atoms with Crippen LogP contribution in [0.3, 0.4) is 0 Å². The van der Waals surface area contributed by atoms with Gasteiger partial charge in [-0.2, -0.15) is 0 Å². The molecule has 0 heterocycles. The van der Waals surface area contributed by atoms with Crippen molar-refractivity contribution in [3.8, 4) is 0 Å². The second-order valence-corrected chi connectivity index (χ2v) is 12.8. The summed E-state index contributed by atoms with van der Waals surface area (Å²) < 4.78 is 11.0. The van der Waals surface area contributed by atoms with E-state index in [-0.39, 0.29) is 24.6 Å². The van der Waals surface area contributed by atoms with E-state index in [0.29, 0.717) is 31.3 Å². The van der Waals surface area contributed by atoms with Crippen LogP contribution in [0.15, 0.2) is 11.6 Å². The zero-order valence-electron chi connectivity index (χ0n) is 22.7. The van der Waals surface area contributed by atoms with Gasteiger partial charge in [0.25, 0.3) is 0 Å². The average molecular weight is 505 g/mol. The van der Waals surface area contributed by atoms with Crippen LogP contribution < -0.4 is 0 Å². The molecule has 0 spiro atoms.